The van der Waals surface area contributed by atoms with Gasteiger partial charge in [0.05, 0.1) is 18.3 Å². The van der Waals surface area contributed by atoms with Gasteiger partial charge in [-0.25, -0.2) is 9.36 Å². The van der Waals surface area contributed by atoms with Crippen molar-refractivity contribution in [1.82, 2.24) is 14.1 Å². The maximum Gasteiger partial charge on any atom is 0.333 e. The number of aromatic nitrogens is 3. The lowest BCUT2D eigenvalue weighted by Gasteiger charge is -2.19. The Balaban J connectivity index is 0.00000124. The predicted octanol–water partition coefficient (Wildman–Crippen LogP) is 2.46. The molecule has 1 aliphatic rings. The molecular formula is C30H42N3O10P3. The molecule has 1 aromatic carbocycles. The van der Waals surface area contributed by atoms with Crippen molar-refractivity contribution in [3.63, 3.8) is 0 Å². The van der Waals surface area contributed by atoms with Crippen LogP contribution in [0.3, 0.4) is 0 Å². The van der Waals surface area contributed by atoms with E-state index in [4.69, 9.17) is 29.1 Å². The number of benzene rings is 1. The maximum atomic E-state index is 13.1. The lowest BCUT2D eigenvalue weighted by molar-refractivity contribution is -0.0458. The molecule has 6 atom stereocenters. The molecule has 16 heteroatoms. The number of aliphatic hydroxyl groups is 3. The molecule has 3 heterocycles. The number of hydrogen-bond acceptors (Lipinski definition) is 10. The van der Waals surface area contributed by atoms with Gasteiger partial charge in [-0.2, -0.15) is 0 Å². The van der Waals surface area contributed by atoms with Crippen LogP contribution in [0.4, 0.5) is 0 Å². The third kappa shape index (κ3) is 13.0. The first kappa shape index (κ1) is 43.0. The number of rotatable bonds is 8. The van der Waals surface area contributed by atoms with Gasteiger partial charge in [-0.05, 0) is 62.0 Å². The number of hydrogen-bond donors (Lipinski definition) is 6. The van der Waals surface area contributed by atoms with E-state index in [1.54, 1.807) is 12.3 Å². The van der Waals surface area contributed by atoms with Gasteiger partial charge in [0.2, 0.25) is 0 Å². The number of ether oxygens (including phenoxy) is 1. The molecule has 6 unspecified atom stereocenters. The van der Waals surface area contributed by atoms with Crippen LogP contribution in [-0.2, 0) is 15.8 Å². The van der Waals surface area contributed by atoms with E-state index in [1.807, 2.05) is 74.5 Å². The van der Waals surface area contributed by atoms with Crippen LogP contribution in [0.2, 0.25) is 0 Å². The monoisotopic (exact) mass is 697 g/mol. The lowest BCUT2D eigenvalue weighted by atomic mass is 10.0. The normalized spacial score (nSPS) is 18.3. The summed E-state index contributed by atoms with van der Waals surface area (Å²) >= 11 is 0. The minimum atomic E-state index is -1.38. The van der Waals surface area contributed by atoms with Gasteiger partial charge in [0.25, 0.3) is 5.56 Å². The Morgan fingerprint density at radius 2 is 1.65 bits per heavy atom. The third-order valence-corrected chi connectivity index (χ3v) is 6.37. The van der Waals surface area contributed by atoms with Crippen molar-refractivity contribution in [2.45, 2.75) is 51.4 Å². The van der Waals surface area contributed by atoms with Crippen molar-refractivity contribution < 1.29 is 39.3 Å². The van der Waals surface area contributed by atoms with Crippen molar-refractivity contribution in [2.75, 3.05) is 6.61 Å². The summed E-state index contributed by atoms with van der Waals surface area (Å²) < 4.78 is 16.2. The van der Waals surface area contributed by atoms with E-state index in [1.165, 1.54) is 31.2 Å². The fourth-order valence-electron chi connectivity index (χ4n) is 4.27. The topological polar surface area (TPSA) is 205 Å². The Morgan fingerprint density at radius 3 is 2.22 bits per heavy atom. The highest BCUT2D eigenvalue weighted by atomic mass is 31.1. The quantitative estimate of drug-likeness (QED) is 0.149. The van der Waals surface area contributed by atoms with E-state index in [-0.39, 0.29) is 19.6 Å². The largest absolute Gasteiger partial charge is 0.396 e. The van der Waals surface area contributed by atoms with Crippen LogP contribution < -0.4 is 11.2 Å². The van der Waals surface area contributed by atoms with Gasteiger partial charge in [0, 0.05) is 25.1 Å². The lowest BCUT2D eigenvalue weighted by Crippen LogP contribution is -2.43. The molecule has 252 valence electrons. The van der Waals surface area contributed by atoms with Crippen molar-refractivity contribution in [1.29, 1.82) is 0 Å². The second kappa shape index (κ2) is 25.1. The second-order valence-corrected chi connectivity index (χ2v) is 9.18. The third-order valence-electron chi connectivity index (χ3n) is 6.37. The molecular weight excluding hydrogens is 655 g/mol. The number of nitrogens with zero attached hydrogens (tertiary/aromatic N) is 3. The molecule has 0 spiro atoms. The standard InChI is InChI=1S/C23H25N3O6.C7H10.HO2P.2H3OP/c1-14-16(15-5-3-2-4-6-15)7-10-24-17(14)13-26-19(28)8-11-25(23(26)31)22-21(30)20(29)18(32-22)9-12-27;1-3-5-7-6-4-2;1-3-2;2*1-2/h2-8,10-11,18,20-22,27,29-30H,9,12-13H2,1H3;3-7H,1H2,2H3;(H,1,2);2*1H,2H2/b;6-4-,7-5-;;;. The minimum Gasteiger partial charge on any atom is -0.396 e. The number of allylic oxidation sites excluding steroid dienone is 5. The fourth-order valence-corrected chi connectivity index (χ4v) is 4.27. The number of pyridine rings is 1. The van der Waals surface area contributed by atoms with Crippen LogP contribution >= 0.6 is 27.6 Å². The molecule has 1 aliphatic heterocycles. The van der Waals surface area contributed by atoms with Gasteiger partial charge in [-0.3, -0.25) is 18.9 Å². The Morgan fingerprint density at radius 1 is 1.02 bits per heavy atom. The summed E-state index contributed by atoms with van der Waals surface area (Å²) in [6.45, 7) is 7.08. The van der Waals surface area contributed by atoms with E-state index in [2.05, 4.69) is 11.6 Å². The van der Waals surface area contributed by atoms with Crippen LogP contribution in [0.25, 0.3) is 11.1 Å². The molecule has 0 saturated carbocycles. The van der Waals surface area contributed by atoms with Crippen LogP contribution in [0.15, 0.2) is 101 Å². The Bertz CT molecular complexity index is 1480. The van der Waals surface area contributed by atoms with Crippen molar-refractivity contribution in [2.24, 2.45) is 0 Å². The molecule has 13 nitrogen and oxygen atoms in total. The summed E-state index contributed by atoms with van der Waals surface area (Å²) in [5, 5.41) is 29.7. The molecule has 1 saturated heterocycles. The zero-order chi connectivity index (χ0) is 35.1. The second-order valence-electron chi connectivity index (χ2n) is 9.01. The first-order chi connectivity index (χ1) is 22.2. The summed E-state index contributed by atoms with van der Waals surface area (Å²) in [4.78, 5) is 50.9. The van der Waals surface area contributed by atoms with Crippen LogP contribution in [0.5, 0.6) is 0 Å². The molecule has 3 aromatic rings. The highest BCUT2D eigenvalue weighted by molar-refractivity contribution is 7.16. The fraction of sp³-hybridized carbons (Fsp3) is 0.300. The molecule has 4 rings (SSSR count). The van der Waals surface area contributed by atoms with E-state index >= 15 is 0 Å². The Hall–Kier alpha value is -3.05. The van der Waals surface area contributed by atoms with Gasteiger partial charge in [0.1, 0.15) is 12.2 Å². The zero-order valence-electron chi connectivity index (χ0n) is 25.5. The van der Waals surface area contributed by atoms with E-state index < -0.39 is 44.5 Å². The SMILES string of the molecule is C=C/C=C\C=C/C.Cc1c(-c2ccccc2)ccnc1Cn1c(=O)ccn(C2OC(CCO)C(O)C2O)c1=O.O=PO.OP.OP. The molecule has 46 heavy (non-hydrogen) atoms. The van der Waals surface area contributed by atoms with E-state index in [0.29, 0.717) is 5.69 Å². The van der Waals surface area contributed by atoms with Crippen LogP contribution in [-0.4, -0.2) is 69.0 Å². The molecule has 0 bridgehead atoms. The molecule has 1 fully saturated rings. The summed E-state index contributed by atoms with van der Waals surface area (Å²) in [6, 6.07) is 12.8. The smallest absolute Gasteiger partial charge is 0.333 e. The van der Waals surface area contributed by atoms with Gasteiger partial charge >= 0.3 is 14.4 Å². The summed E-state index contributed by atoms with van der Waals surface area (Å²) in [7, 11) is 2.00. The van der Waals surface area contributed by atoms with Gasteiger partial charge < -0.3 is 34.7 Å². The van der Waals surface area contributed by atoms with Gasteiger partial charge in [-0.15, -0.1) is 0 Å². The van der Waals surface area contributed by atoms with Crippen molar-refractivity contribution in [3.8, 4) is 11.1 Å². The molecule has 0 amide bonds. The minimum absolute atomic E-state index is 0.0591. The summed E-state index contributed by atoms with van der Waals surface area (Å²) in [6.07, 6.45) is 7.86. The van der Waals surface area contributed by atoms with Crippen LogP contribution in [0, 0.1) is 6.92 Å². The Labute approximate surface area is 273 Å². The average molecular weight is 698 g/mol. The zero-order valence-corrected chi connectivity index (χ0v) is 28.7. The van der Waals surface area contributed by atoms with Crippen molar-refractivity contribution >= 4 is 27.6 Å². The van der Waals surface area contributed by atoms with Crippen molar-refractivity contribution in [3.05, 3.63) is 124 Å². The summed E-state index contributed by atoms with van der Waals surface area (Å²) in [5.41, 5.74) is 2.15. The highest BCUT2D eigenvalue weighted by Crippen LogP contribution is 2.30. The highest BCUT2D eigenvalue weighted by Gasteiger charge is 2.43. The van der Waals surface area contributed by atoms with Crippen LogP contribution in [0.1, 0.15) is 30.8 Å². The van der Waals surface area contributed by atoms with E-state index in [9.17, 15) is 19.8 Å². The average Bonchev–Trinajstić information content (AvgIpc) is 3.35. The Kier molecular flexibility index (Phi) is 23.4. The maximum absolute atomic E-state index is 13.1. The summed E-state index contributed by atoms with van der Waals surface area (Å²) in [5.74, 6) is 0. The first-order valence-electron chi connectivity index (χ1n) is 13.6. The first-order valence-corrected chi connectivity index (χ1v) is 15.4. The van der Waals surface area contributed by atoms with Gasteiger partial charge in [0.15, 0.2) is 6.23 Å². The molecule has 0 radical (unpaired) electrons. The predicted molar refractivity (Wildman–Crippen MR) is 184 cm³/mol. The molecule has 2 aromatic heterocycles. The van der Waals surface area contributed by atoms with Gasteiger partial charge in [-0.1, -0.05) is 67.3 Å². The molecule has 6 N–H and O–H groups in total. The number of aliphatic hydroxyl groups excluding tert-OH is 3. The molecule has 0 aliphatic carbocycles. The van der Waals surface area contributed by atoms with E-state index in [0.717, 1.165) is 25.8 Å².